The summed E-state index contributed by atoms with van der Waals surface area (Å²) < 4.78 is 21.2. The first-order valence-corrected chi connectivity index (χ1v) is 8.25. The maximum atomic E-state index is 5.38. The van der Waals surface area contributed by atoms with Gasteiger partial charge in [-0.25, -0.2) is 0 Å². The van der Waals surface area contributed by atoms with Crippen LogP contribution in [-0.4, -0.2) is 31.8 Å². The van der Waals surface area contributed by atoms with Crippen LogP contribution >= 0.6 is 12.2 Å². The number of ether oxygens (including phenoxy) is 4. The normalized spacial score (nSPS) is 12.5. The van der Waals surface area contributed by atoms with Crippen LogP contribution in [0.4, 0.5) is 5.69 Å². The number of thiocarbonyl (C=S) groups is 1. The van der Waals surface area contributed by atoms with Crippen molar-refractivity contribution >= 4 is 28.7 Å². The van der Waals surface area contributed by atoms with Gasteiger partial charge in [0.1, 0.15) is 0 Å². The van der Waals surface area contributed by atoms with E-state index >= 15 is 0 Å². The van der Waals surface area contributed by atoms with Crippen molar-refractivity contribution in [3.8, 4) is 23.0 Å². The van der Waals surface area contributed by atoms with Gasteiger partial charge in [-0.05, 0) is 49.5 Å². The van der Waals surface area contributed by atoms with Crippen molar-refractivity contribution in [3.05, 3.63) is 42.0 Å². The molecule has 1 aliphatic rings. The molecule has 26 heavy (non-hydrogen) atoms. The summed E-state index contributed by atoms with van der Waals surface area (Å²) in [5.41, 5.74) is 5.26. The maximum Gasteiger partial charge on any atom is 0.231 e. The van der Waals surface area contributed by atoms with Crippen LogP contribution in [0.1, 0.15) is 12.5 Å². The third-order valence-corrected chi connectivity index (χ3v) is 3.95. The minimum Gasteiger partial charge on any atom is -0.493 e. The average Bonchev–Trinajstić information content (AvgIpc) is 3.13. The van der Waals surface area contributed by atoms with Gasteiger partial charge in [0.15, 0.2) is 28.1 Å². The van der Waals surface area contributed by atoms with Crippen molar-refractivity contribution in [1.29, 1.82) is 0 Å². The molecule has 1 aliphatic heterocycles. The summed E-state index contributed by atoms with van der Waals surface area (Å²) in [6, 6.07) is 11.1. The minimum atomic E-state index is 0.243. The fraction of sp³-hybridized carbons (Fsp3) is 0.222. The Morgan fingerprint density at radius 1 is 1.04 bits per heavy atom. The number of fused-ring (bicyclic) bond motifs is 1. The van der Waals surface area contributed by atoms with E-state index in [9.17, 15) is 0 Å². The zero-order valence-corrected chi connectivity index (χ0v) is 15.5. The summed E-state index contributed by atoms with van der Waals surface area (Å²) in [6.07, 6.45) is 0. The van der Waals surface area contributed by atoms with Gasteiger partial charge in [-0.3, -0.25) is 5.43 Å². The number of nitrogens with zero attached hydrogens (tertiary/aromatic N) is 1. The topological polar surface area (TPSA) is 73.3 Å². The number of nitrogens with one attached hydrogen (secondary N) is 2. The lowest BCUT2D eigenvalue weighted by Crippen LogP contribution is -2.25. The van der Waals surface area contributed by atoms with E-state index < -0.39 is 0 Å². The second kappa shape index (κ2) is 7.92. The molecule has 0 saturated carbocycles. The molecule has 0 fully saturated rings. The molecule has 8 heteroatoms. The number of methoxy groups -OCH3 is 2. The van der Waals surface area contributed by atoms with Crippen LogP contribution in [0.2, 0.25) is 0 Å². The summed E-state index contributed by atoms with van der Waals surface area (Å²) in [5.74, 6) is 2.71. The third-order valence-electron chi connectivity index (χ3n) is 3.76. The molecule has 0 saturated heterocycles. The Hall–Kier alpha value is -3.00. The Morgan fingerprint density at radius 2 is 1.81 bits per heavy atom. The van der Waals surface area contributed by atoms with Crippen molar-refractivity contribution in [2.45, 2.75) is 6.92 Å². The molecule has 0 unspecified atom stereocenters. The molecule has 0 spiro atoms. The molecule has 0 aromatic heterocycles. The number of hydrogen-bond donors (Lipinski definition) is 2. The number of hydrazone groups is 1. The SMILES string of the molecule is COc1ccc(NC(=S)N/N=C(/C)c2ccc3c(c2)OCO3)cc1OC. The van der Waals surface area contributed by atoms with Crippen molar-refractivity contribution in [3.63, 3.8) is 0 Å². The van der Waals surface area contributed by atoms with E-state index in [4.69, 9.17) is 31.2 Å². The molecular formula is C18H19N3O4S. The van der Waals surface area contributed by atoms with Gasteiger partial charge in [0.25, 0.3) is 0 Å². The van der Waals surface area contributed by atoms with Crippen molar-refractivity contribution in [2.24, 2.45) is 5.10 Å². The number of hydrogen-bond acceptors (Lipinski definition) is 6. The maximum absolute atomic E-state index is 5.38. The molecule has 0 radical (unpaired) electrons. The fourth-order valence-electron chi connectivity index (χ4n) is 2.39. The lowest BCUT2D eigenvalue weighted by molar-refractivity contribution is 0.174. The molecule has 3 rings (SSSR count). The van der Waals surface area contributed by atoms with Gasteiger partial charge in [-0.15, -0.1) is 0 Å². The van der Waals surface area contributed by atoms with E-state index in [-0.39, 0.29) is 6.79 Å². The Labute approximate surface area is 156 Å². The summed E-state index contributed by atoms with van der Waals surface area (Å²) >= 11 is 5.28. The van der Waals surface area contributed by atoms with E-state index in [1.54, 1.807) is 26.4 Å². The number of anilines is 1. The van der Waals surface area contributed by atoms with E-state index in [0.717, 1.165) is 22.7 Å². The fourth-order valence-corrected chi connectivity index (χ4v) is 2.56. The Kier molecular flexibility index (Phi) is 5.43. The summed E-state index contributed by atoms with van der Waals surface area (Å²) in [7, 11) is 3.17. The van der Waals surface area contributed by atoms with Crippen molar-refractivity contribution in [1.82, 2.24) is 5.43 Å². The predicted octanol–water partition coefficient (Wildman–Crippen LogP) is 3.14. The lowest BCUT2D eigenvalue weighted by atomic mass is 10.1. The second-order valence-electron chi connectivity index (χ2n) is 5.40. The van der Waals surface area contributed by atoms with E-state index in [0.29, 0.717) is 22.4 Å². The number of rotatable bonds is 5. The summed E-state index contributed by atoms with van der Waals surface area (Å²) in [6.45, 7) is 2.12. The van der Waals surface area contributed by atoms with E-state index in [2.05, 4.69) is 15.8 Å². The van der Waals surface area contributed by atoms with Crippen LogP contribution in [0.25, 0.3) is 0 Å². The summed E-state index contributed by atoms with van der Waals surface area (Å²) in [5, 5.41) is 7.71. The molecule has 7 nitrogen and oxygen atoms in total. The lowest BCUT2D eigenvalue weighted by Gasteiger charge is -2.12. The Balaban J connectivity index is 1.63. The smallest absolute Gasteiger partial charge is 0.231 e. The highest BCUT2D eigenvalue weighted by Crippen LogP contribution is 2.32. The monoisotopic (exact) mass is 373 g/mol. The first kappa shape index (κ1) is 17.8. The van der Waals surface area contributed by atoms with Crippen molar-refractivity contribution in [2.75, 3.05) is 26.3 Å². The highest BCUT2D eigenvalue weighted by molar-refractivity contribution is 7.80. The van der Waals surface area contributed by atoms with Gasteiger partial charge in [-0.1, -0.05) is 0 Å². The third kappa shape index (κ3) is 3.97. The first-order valence-electron chi connectivity index (χ1n) is 7.84. The molecule has 0 atom stereocenters. The molecule has 0 aliphatic carbocycles. The van der Waals surface area contributed by atoms with Crippen LogP contribution in [0.5, 0.6) is 23.0 Å². The van der Waals surface area contributed by atoms with Gasteiger partial charge in [0.05, 0.1) is 19.9 Å². The quantitative estimate of drug-likeness (QED) is 0.474. The molecule has 136 valence electrons. The predicted molar refractivity (Wildman–Crippen MR) is 104 cm³/mol. The molecule has 2 aromatic rings. The summed E-state index contributed by atoms with van der Waals surface area (Å²) in [4.78, 5) is 0. The standard InChI is InChI=1S/C18H19N3O4S/c1-11(12-4-6-15-17(8-12)25-10-24-15)20-21-18(26)19-13-5-7-14(22-2)16(9-13)23-3/h4-9H,10H2,1-3H3,(H2,19,21,26)/b20-11-. The molecule has 1 heterocycles. The molecule has 2 aromatic carbocycles. The van der Waals surface area contributed by atoms with Crippen molar-refractivity contribution < 1.29 is 18.9 Å². The zero-order chi connectivity index (χ0) is 18.5. The van der Waals surface area contributed by atoms with Gasteiger partial charge >= 0.3 is 0 Å². The second-order valence-corrected chi connectivity index (χ2v) is 5.81. The van der Waals surface area contributed by atoms with Crippen LogP contribution < -0.4 is 29.7 Å². The Morgan fingerprint density at radius 3 is 2.58 bits per heavy atom. The van der Waals surface area contributed by atoms with Gasteiger partial charge in [0, 0.05) is 17.3 Å². The number of benzene rings is 2. The molecule has 0 amide bonds. The molecular weight excluding hydrogens is 354 g/mol. The van der Waals surface area contributed by atoms with Gasteiger partial charge in [-0.2, -0.15) is 5.10 Å². The Bertz CT molecular complexity index is 854. The van der Waals surface area contributed by atoms with Crippen LogP contribution in [0, 0.1) is 0 Å². The minimum absolute atomic E-state index is 0.243. The zero-order valence-electron chi connectivity index (χ0n) is 14.7. The van der Waals surface area contributed by atoms with Gasteiger partial charge in [0.2, 0.25) is 6.79 Å². The van der Waals surface area contributed by atoms with Crippen LogP contribution in [-0.2, 0) is 0 Å². The van der Waals surface area contributed by atoms with Gasteiger partial charge < -0.3 is 24.3 Å². The van der Waals surface area contributed by atoms with E-state index in [1.807, 2.05) is 31.2 Å². The average molecular weight is 373 g/mol. The molecule has 0 bridgehead atoms. The van der Waals surface area contributed by atoms with Crippen LogP contribution in [0.15, 0.2) is 41.5 Å². The highest BCUT2D eigenvalue weighted by Gasteiger charge is 2.14. The first-order chi connectivity index (χ1) is 12.6. The molecule has 2 N–H and O–H groups in total. The van der Waals surface area contributed by atoms with Crippen LogP contribution in [0.3, 0.4) is 0 Å². The largest absolute Gasteiger partial charge is 0.493 e. The van der Waals surface area contributed by atoms with E-state index in [1.165, 1.54) is 0 Å². The highest BCUT2D eigenvalue weighted by atomic mass is 32.1.